The maximum Gasteiger partial charge on any atom is 0.137 e. The molecule has 0 aromatic heterocycles. The van der Waals surface area contributed by atoms with Gasteiger partial charge in [0, 0.05) is 12.5 Å². The third kappa shape index (κ3) is 1.66. The van der Waals surface area contributed by atoms with Crippen LogP contribution in [0.3, 0.4) is 0 Å². The molecule has 2 unspecified atom stereocenters. The first-order chi connectivity index (χ1) is 6.58. The van der Waals surface area contributed by atoms with Gasteiger partial charge in [0.05, 0.1) is 4.47 Å². The van der Waals surface area contributed by atoms with Gasteiger partial charge in [-0.05, 0) is 47.0 Å². The molecule has 2 rings (SSSR count). The highest BCUT2D eigenvalue weighted by atomic mass is 79.9. The van der Waals surface area contributed by atoms with Gasteiger partial charge in [-0.25, -0.2) is 0 Å². The zero-order chi connectivity index (χ0) is 10.3. The molecule has 0 aliphatic carbocycles. The Morgan fingerprint density at radius 2 is 2.29 bits per heavy atom. The van der Waals surface area contributed by atoms with Gasteiger partial charge in [-0.2, -0.15) is 0 Å². The fraction of sp³-hybridized carbons (Fsp3) is 0.455. The van der Waals surface area contributed by atoms with E-state index in [1.807, 2.05) is 13.0 Å². The molecular weight excluding hydrogens is 242 g/mol. The quantitative estimate of drug-likeness (QED) is 0.838. The number of nitrogens with two attached hydrogens (primary N) is 1. The van der Waals surface area contributed by atoms with Crippen LogP contribution in [0, 0.1) is 0 Å². The number of halogens is 1. The monoisotopic (exact) mass is 255 g/mol. The summed E-state index contributed by atoms with van der Waals surface area (Å²) in [5.41, 5.74) is 8.27. The van der Waals surface area contributed by atoms with Crippen LogP contribution in [-0.4, -0.2) is 6.10 Å². The molecule has 76 valence electrons. The smallest absolute Gasteiger partial charge is 0.137 e. The standard InChI is InChI=1S/C11H14BrNO/c1-6-3-9-4-8(7(2)13)5-10(12)11(9)14-6/h4-7H,3,13H2,1-2H3. The minimum Gasteiger partial charge on any atom is -0.489 e. The summed E-state index contributed by atoms with van der Waals surface area (Å²) in [6.45, 7) is 4.07. The summed E-state index contributed by atoms with van der Waals surface area (Å²) in [5.74, 6) is 0.988. The van der Waals surface area contributed by atoms with Crippen LogP contribution in [0.5, 0.6) is 5.75 Å². The van der Waals surface area contributed by atoms with E-state index < -0.39 is 0 Å². The zero-order valence-electron chi connectivity index (χ0n) is 8.38. The van der Waals surface area contributed by atoms with Crippen LogP contribution in [0.2, 0.25) is 0 Å². The lowest BCUT2D eigenvalue weighted by Crippen LogP contribution is -2.05. The van der Waals surface area contributed by atoms with E-state index in [-0.39, 0.29) is 12.1 Å². The van der Waals surface area contributed by atoms with E-state index in [2.05, 4.69) is 28.9 Å². The van der Waals surface area contributed by atoms with Crippen molar-refractivity contribution in [2.45, 2.75) is 32.4 Å². The fourth-order valence-corrected chi connectivity index (χ4v) is 2.39. The van der Waals surface area contributed by atoms with Gasteiger partial charge in [0.1, 0.15) is 11.9 Å². The van der Waals surface area contributed by atoms with Crippen LogP contribution in [0.25, 0.3) is 0 Å². The Labute approximate surface area is 92.6 Å². The average molecular weight is 256 g/mol. The average Bonchev–Trinajstić information content (AvgIpc) is 2.45. The zero-order valence-corrected chi connectivity index (χ0v) is 9.97. The first kappa shape index (κ1) is 9.99. The summed E-state index contributed by atoms with van der Waals surface area (Å²) in [4.78, 5) is 0. The van der Waals surface area contributed by atoms with Crippen molar-refractivity contribution in [2.24, 2.45) is 5.73 Å². The topological polar surface area (TPSA) is 35.2 Å². The van der Waals surface area contributed by atoms with Crippen molar-refractivity contribution in [1.82, 2.24) is 0 Å². The van der Waals surface area contributed by atoms with Gasteiger partial charge >= 0.3 is 0 Å². The minimum atomic E-state index is 0.0764. The van der Waals surface area contributed by atoms with E-state index in [0.717, 1.165) is 22.2 Å². The second-order valence-corrected chi connectivity index (χ2v) is 4.77. The SMILES string of the molecule is CC1Cc2cc(C(C)N)cc(Br)c2O1. The summed E-state index contributed by atoms with van der Waals surface area (Å²) >= 11 is 3.51. The van der Waals surface area contributed by atoms with Crippen LogP contribution in [0.15, 0.2) is 16.6 Å². The molecule has 1 aromatic carbocycles. The van der Waals surface area contributed by atoms with Crippen molar-refractivity contribution in [3.05, 3.63) is 27.7 Å². The third-order valence-electron chi connectivity index (χ3n) is 2.50. The van der Waals surface area contributed by atoms with Gasteiger partial charge in [0.15, 0.2) is 0 Å². The molecule has 3 heteroatoms. The third-order valence-corrected chi connectivity index (χ3v) is 3.08. The lowest BCUT2D eigenvalue weighted by atomic mass is 10.0. The van der Waals surface area contributed by atoms with Crippen LogP contribution < -0.4 is 10.5 Å². The number of benzene rings is 1. The van der Waals surface area contributed by atoms with Crippen molar-refractivity contribution in [2.75, 3.05) is 0 Å². The second-order valence-electron chi connectivity index (χ2n) is 3.91. The Balaban J connectivity index is 2.46. The Hall–Kier alpha value is -0.540. The molecule has 0 radical (unpaired) electrons. The molecule has 1 heterocycles. The minimum absolute atomic E-state index is 0.0764. The van der Waals surface area contributed by atoms with Gasteiger partial charge in [0.25, 0.3) is 0 Å². The Morgan fingerprint density at radius 3 is 2.93 bits per heavy atom. The molecular formula is C11H14BrNO. The van der Waals surface area contributed by atoms with Crippen molar-refractivity contribution >= 4 is 15.9 Å². The molecule has 1 aliphatic heterocycles. The van der Waals surface area contributed by atoms with Gasteiger partial charge in [-0.1, -0.05) is 6.07 Å². The van der Waals surface area contributed by atoms with Crippen LogP contribution in [0.4, 0.5) is 0 Å². The molecule has 2 nitrogen and oxygen atoms in total. The molecule has 0 saturated carbocycles. The van der Waals surface area contributed by atoms with E-state index in [1.165, 1.54) is 5.56 Å². The summed E-state index contributed by atoms with van der Waals surface area (Å²) in [5, 5.41) is 0. The van der Waals surface area contributed by atoms with Gasteiger partial charge in [-0.3, -0.25) is 0 Å². The van der Waals surface area contributed by atoms with Crippen molar-refractivity contribution in [3.8, 4) is 5.75 Å². The van der Waals surface area contributed by atoms with E-state index in [4.69, 9.17) is 10.5 Å². The largest absolute Gasteiger partial charge is 0.489 e. The number of fused-ring (bicyclic) bond motifs is 1. The molecule has 2 atom stereocenters. The molecule has 1 aliphatic rings. The summed E-state index contributed by atoms with van der Waals surface area (Å²) in [7, 11) is 0. The maximum absolute atomic E-state index is 5.85. The fourth-order valence-electron chi connectivity index (χ4n) is 1.77. The van der Waals surface area contributed by atoms with Crippen molar-refractivity contribution < 1.29 is 4.74 Å². The normalized spacial score (nSPS) is 21.6. The Morgan fingerprint density at radius 1 is 1.57 bits per heavy atom. The van der Waals surface area contributed by atoms with Crippen molar-refractivity contribution in [1.29, 1.82) is 0 Å². The first-order valence-electron chi connectivity index (χ1n) is 4.82. The van der Waals surface area contributed by atoms with Gasteiger partial charge < -0.3 is 10.5 Å². The van der Waals surface area contributed by atoms with Crippen LogP contribution >= 0.6 is 15.9 Å². The van der Waals surface area contributed by atoms with E-state index >= 15 is 0 Å². The molecule has 0 bridgehead atoms. The Bertz CT molecular complexity index is 363. The molecule has 0 fully saturated rings. The van der Waals surface area contributed by atoms with Crippen LogP contribution in [-0.2, 0) is 6.42 Å². The van der Waals surface area contributed by atoms with Gasteiger partial charge in [0.2, 0.25) is 0 Å². The van der Waals surface area contributed by atoms with Crippen molar-refractivity contribution in [3.63, 3.8) is 0 Å². The molecule has 0 saturated heterocycles. The number of hydrogen-bond acceptors (Lipinski definition) is 2. The molecule has 1 aromatic rings. The highest BCUT2D eigenvalue weighted by Gasteiger charge is 2.22. The van der Waals surface area contributed by atoms with Gasteiger partial charge in [-0.15, -0.1) is 0 Å². The second kappa shape index (κ2) is 3.55. The Kier molecular flexibility index (Phi) is 2.54. The summed E-state index contributed by atoms with van der Waals surface area (Å²) < 4.78 is 6.70. The lowest BCUT2D eigenvalue weighted by molar-refractivity contribution is 0.253. The van der Waals surface area contributed by atoms with E-state index in [1.54, 1.807) is 0 Å². The first-order valence-corrected chi connectivity index (χ1v) is 5.62. The predicted octanol–water partition coefficient (Wildman–Crippen LogP) is 2.79. The lowest BCUT2D eigenvalue weighted by Gasteiger charge is -2.09. The summed E-state index contributed by atoms with van der Waals surface area (Å²) in [6, 6.07) is 4.27. The number of rotatable bonds is 1. The molecule has 0 spiro atoms. The molecule has 0 amide bonds. The highest BCUT2D eigenvalue weighted by molar-refractivity contribution is 9.10. The molecule has 14 heavy (non-hydrogen) atoms. The van der Waals surface area contributed by atoms with E-state index in [9.17, 15) is 0 Å². The number of ether oxygens (including phenoxy) is 1. The summed E-state index contributed by atoms with van der Waals surface area (Å²) in [6.07, 6.45) is 1.26. The van der Waals surface area contributed by atoms with E-state index in [0.29, 0.717) is 0 Å². The van der Waals surface area contributed by atoms with Crippen LogP contribution in [0.1, 0.15) is 31.0 Å². The number of hydrogen-bond donors (Lipinski definition) is 1. The predicted molar refractivity (Wildman–Crippen MR) is 60.5 cm³/mol. The highest BCUT2D eigenvalue weighted by Crippen LogP contribution is 2.37. The molecule has 2 N–H and O–H groups in total. The maximum atomic E-state index is 5.85.